The Kier molecular flexibility index (Phi) is 1.22. The molecule has 5 heteroatoms. The molecule has 2 heterocycles. The molecule has 2 aliphatic heterocycles. The highest BCUT2D eigenvalue weighted by Gasteiger charge is 2.27. The second-order valence-electron chi connectivity index (χ2n) is 2.12. The molecule has 0 atom stereocenters. The molecule has 1 aromatic rings. The van der Waals surface area contributed by atoms with E-state index >= 15 is 0 Å². The van der Waals surface area contributed by atoms with Gasteiger partial charge in [0.15, 0.2) is 0 Å². The Hall–Kier alpha value is -0.990. The third kappa shape index (κ3) is 1.23. The van der Waals surface area contributed by atoms with Gasteiger partial charge in [0.25, 0.3) is 0 Å². The van der Waals surface area contributed by atoms with Crippen LogP contribution in [-0.4, -0.2) is 4.89 Å². The first kappa shape index (κ1) is 6.70. The molecule has 0 aromatic heterocycles. The summed E-state index contributed by atoms with van der Waals surface area (Å²) in [6.45, 7) is 0. The van der Waals surface area contributed by atoms with Crippen LogP contribution in [0.2, 0.25) is 0 Å². The zero-order chi connectivity index (χ0) is 7.90. The second kappa shape index (κ2) is 2.00. The largest absolute Gasteiger partial charge is 0.584 e. The molecule has 2 bridgehead atoms. The van der Waals surface area contributed by atoms with Gasteiger partial charge in [0.05, 0.1) is 0 Å². The van der Waals surface area contributed by atoms with E-state index in [-0.39, 0.29) is 0 Å². The lowest BCUT2D eigenvalue weighted by Gasteiger charge is -2.07. The highest BCUT2D eigenvalue weighted by atomic mass is 31.2. The third-order valence-corrected chi connectivity index (χ3v) is 2.15. The summed E-state index contributed by atoms with van der Waals surface area (Å²) in [6, 6.07) is 6.30. The Balaban J connectivity index is 2.53. The molecule has 0 unspecified atom stereocenters. The SMILES string of the molecule is O=P1(O)Oc2ccc(cc2)O1. The lowest BCUT2D eigenvalue weighted by atomic mass is 10.3. The molecular weight excluding hydrogens is 167 g/mol. The number of rotatable bonds is 0. The van der Waals surface area contributed by atoms with Gasteiger partial charge in [-0.1, -0.05) is 0 Å². The van der Waals surface area contributed by atoms with E-state index in [0.29, 0.717) is 11.5 Å². The first-order valence-corrected chi connectivity index (χ1v) is 4.47. The van der Waals surface area contributed by atoms with Crippen molar-refractivity contribution < 1.29 is 18.5 Å². The van der Waals surface area contributed by atoms with Crippen LogP contribution < -0.4 is 9.05 Å². The van der Waals surface area contributed by atoms with Crippen LogP contribution >= 0.6 is 7.82 Å². The lowest BCUT2D eigenvalue weighted by molar-refractivity contribution is 0.296. The number of fused-ring (bicyclic) bond motifs is 4. The molecule has 0 radical (unpaired) electrons. The van der Waals surface area contributed by atoms with Crippen molar-refractivity contribution in [2.45, 2.75) is 0 Å². The monoisotopic (exact) mass is 172 g/mol. The van der Waals surface area contributed by atoms with Crippen LogP contribution in [0, 0.1) is 0 Å². The maximum absolute atomic E-state index is 10.9. The average Bonchev–Trinajstić information content (AvgIpc) is 2.12. The van der Waals surface area contributed by atoms with Crippen LogP contribution in [0.3, 0.4) is 0 Å². The van der Waals surface area contributed by atoms with Crippen LogP contribution in [0.1, 0.15) is 0 Å². The molecule has 4 nitrogen and oxygen atoms in total. The lowest BCUT2D eigenvalue weighted by Crippen LogP contribution is -1.95. The Morgan fingerprint density at radius 3 is 1.82 bits per heavy atom. The fourth-order valence-electron chi connectivity index (χ4n) is 0.846. The zero-order valence-electron chi connectivity index (χ0n) is 5.43. The van der Waals surface area contributed by atoms with Crippen molar-refractivity contribution in [1.29, 1.82) is 0 Å². The Bertz CT molecular complexity index is 289. The van der Waals surface area contributed by atoms with E-state index in [1.807, 2.05) is 0 Å². The van der Waals surface area contributed by atoms with Gasteiger partial charge in [-0.05, 0) is 24.3 Å². The Morgan fingerprint density at radius 1 is 1.09 bits per heavy atom. The predicted octanol–water partition coefficient (Wildman–Crippen LogP) is 1.56. The Morgan fingerprint density at radius 2 is 1.45 bits per heavy atom. The van der Waals surface area contributed by atoms with Gasteiger partial charge in [-0.2, -0.15) is 0 Å². The fourth-order valence-corrected chi connectivity index (χ4v) is 1.66. The number of hydrogen-bond donors (Lipinski definition) is 1. The molecule has 0 amide bonds. The van der Waals surface area contributed by atoms with Crippen LogP contribution in [0.25, 0.3) is 0 Å². The quantitative estimate of drug-likeness (QED) is 0.603. The third-order valence-electron chi connectivity index (χ3n) is 1.27. The van der Waals surface area contributed by atoms with Gasteiger partial charge in [0.1, 0.15) is 11.5 Å². The summed E-state index contributed by atoms with van der Waals surface area (Å²) in [6.07, 6.45) is 0. The summed E-state index contributed by atoms with van der Waals surface area (Å²) in [4.78, 5) is 8.92. The van der Waals surface area contributed by atoms with Crippen LogP contribution in [0.4, 0.5) is 0 Å². The molecule has 0 spiro atoms. The smallest absolute Gasteiger partial charge is 0.395 e. The van der Waals surface area contributed by atoms with Gasteiger partial charge >= 0.3 is 7.82 Å². The molecular formula is C6H5O4P. The molecule has 1 aromatic carbocycles. The highest BCUT2D eigenvalue weighted by Crippen LogP contribution is 2.47. The molecule has 58 valence electrons. The summed E-state index contributed by atoms with van der Waals surface area (Å²) >= 11 is 0. The highest BCUT2D eigenvalue weighted by molar-refractivity contribution is 7.48. The summed E-state index contributed by atoms with van der Waals surface area (Å²) < 4.78 is 20.1. The van der Waals surface area contributed by atoms with Crippen LogP contribution in [0.15, 0.2) is 24.3 Å². The van der Waals surface area contributed by atoms with Gasteiger partial charge in [-0.15, -0.1) is 0 Å². The van der Waals surface area contributed by atoms with Gasteiger partial charge in [-0.3, -0.25) is 4.89 Å². The van der Waals surface area contributed by atoms with E-state index in [1.54, 1.807) is 24.3 Å². The predicted molar refractivity (Wildman–Crippen MR) is 37.5 cm³/mol. The Labute approximate surface area is 63.0 Å². The molecule has 11 heavy (non-hydrogen) atoms. The van der Waals surface area contributed by atoms with Crippen molar-refractivity contribution >= 4 is 7.82 Å². The first-order valence-electron chi connectivity index (χ1n) is 2.98. The van der Waals surface area contributed by atoms with E-state index in [9.17, 15) is 4.57 Å². The van der Waals surface area contributed by atoms with Gasteiger partial charge in [-0.25, -0.2) is 4.57 Å². The first-order chi connectivity index (χ1) is 5.16. The summed E-state index contributed by atoms with van der Waals surface area (Å²) in [5.41, 5.74) is 0. The zero-order valence-corrected chi connectivity index (χ0v) is 6.32. The fraction of sp³-hybridized carbons (Fsp3) is 0. The summed E-state index contributed by atoms with van der Waals surface area (Å²) in [5.74, 6) is 0.689. The van der Waals surface area contributed by atoms with E-state index in [1.165, 1.54) is 0 Å². The van der Waals surface area contributed by atoms with Crippen molar-refractivity contribution in [2.75, 3.05) is 0 Å². The topological polar surface area (TPSA) is 55.8 Å². The second-order valence-corrected chi connectivity index (χ2v) is 3.42. The number of benzene rings is 1. The van der Waals surface area contributed by atoms with Gasteiger partial charge in [0.2, 0.25) is 0 Å². The number of phosphoric ester groups is 1. The van der Waals surface area contributed by atoms with Crippen molar-refractivity contribution in [3.8, 4) is 11.5 Å². The normalized spacial score (nSPS) is 18.3. The van der Waals surface area contributed by atoms with Crippen molar-refractivity contribution in [2.24, 2.45) is 0 Å². The minimum Gasteiger partial charge on any atom is -0.395 e. The van der Waals surface area contributed by atoms with E-state index in [0.717, 1.165) is 0 Å². The van der Waals surface area contributed by atoms with Crippen molar-refractivity contribution in [1.82, 2.24) is 0 Å². The average molecular weight is 172 g/mol. The van der Waals surface area contributed by atoms with Gasteiger partial charge in [0, 0.05) is 0 Å². The van der Waals surface area contributed by atoms with E-state index in [4.69, 9.17) is 4.89 Å². The van der Waals surface area contributed by atoms with Gasteiger partial charge < -0.3 is 9.05 Å². The van der Waals surface area contributed by atoms with Crippen LogP contribution in [-0.2, 0) is 4.57 Å². The molecule has 0 aliphatic carbocycles. The summed E-state index contributed by atoms with van der Waals surface area (Å²) in [5, 5.41) is 0. The maximum atomic E-state index is 10.9. The standard InChI is InChI=1S/C6H5O4P/c7-11(8)9-5-1-2-6(10-11)4-3-5/h1-4H,(H,7,8). The molecule has 3 rings (SSSR count). The molecule has 2 aliphatic rings. The summed E-state index contributed by atoms with van der Waals surface area (Å²) in [7, 11) is -3.88. The minimum absolute atomic E-state index is 0.345. The number of phosphoric acid groups is 1. The van der Waals surface area contributed by atoms with Crippen LogP contribution in [0.5, 0.6) is 11.5 Å². The minimum atomic E-state index is -3.88. The molecule has 0 saturated carbocycles. The number of hydrogen-bond acceptors (Lipinski definition) is 3. The van der Waals surface area contributed by atoms with Crippen molar-refractivity contribution in [3.05, 3.63) is 24.3 Å². The molecule has 0 fully saturated rings. The van der Waals surface area contributed by atoms with E-state index in [2.05, 4.69) is 9.05 Å². The van der Waals surface area contributed by atoms with E-state index < -0.39 is 7.82 Å². The molecule has 1 N–H and O–H groups in total. The molecule has 0 saturated heterocycles. The maximum Gasteiger partial charge on any atom is 0.584 e. The van der Waals surface area contributed by atoms with Crippen molar-refractivity contribution in [3.63, 3.8) is 0 Å².